The molecule has 0 atom stereocenters. The van der Waals surface area contributed by atoms with E-state index in [1.807, 2.05) is 0 Å². The van der Waals surface area contributed by atoms with E-state index >= 15 is 0 Å². The van der Waals surface area contributed by atoms with Crippen LogP contribution in [0.15, 0.2) is 16.5 Å². The van der Waals surface area contributed by atoms with Crippen molar-refractivity contribution in [3.63, 3.8) is 0 Å². The Labute approximate surface area is 101 Å². The van der Waals surface area contributed by atoms with E-state index in [2.05, 4.69) is 5.32 Å². The van der Waals surface area contributed by atoms with Gasteiger partial charge in [0.15, 0.2) is 5.76 Å². The first-order chi connectivity index (χ1) is 8.23. The molecule has 2 saturated carbocycles. The Morgan fingerprint density at radius 2 is 2.24 bits per heavy atom. The Balaban J connectivity index is 1.56. The Morgan fingerprint density at radius 1 is 1.47 bits per heavy atom. The molecule has 2 aliphatic rings. The van der Waals surface area contributed by atoms with Gasteiger partial charge < -0.3 is 15.5 Å². The summed E-state index contributed by atoms with van der Waals surface area (Å²) in [6, 6.07) is 3.44. The molecule has 0 aromatic carbocycles. The van der Waals surface area contributed by atoms with Crippen LogP contribution in [-0.4, -0.2) is 12.5 Å². The summed E-state index contributed by atoms with van der Waals surface area (Å²) >= 11 is 0. The first kappa shape index (κ1) is 10.8. The molecule has 1 heterocycles. The third kappa shape index (κ3) is 2.09. The maximum atomic E-state index is 11.8. The molecule has 0 saturated heterocycles. The lowest BCUT2D eigenvalue weighted by Crippen LogP contribution is -2.30. The summed E-state index contributed by atoms with van der Waals surface area (Å²) in [7, 11) is 0. The number of carbonyl (C=O) groups is 1. The maximum Gasteiger partial charge on any atom is 0.287 e. The lowest BCUT2D eigenvalue weighted by Gasteiger charge is -2.14. The van der Waals surface area contributed by atoms with Crippen LogP contribution in [0, 0.1) is 11.3 Å². The molecular formula is C13H18N2O2. The first-order valence-electron chi connectivity index (χ1n) is 6.30. The number of hydrogen-bond acceptors (Lipinski definition) is 3. The van der Waals surface area contributed by atoms with Crippen molar-refractivity contribution < 1.29 is 9.21 Å². The normalized spacial score (nSPS) is 21.2. The first-order valence-corrected chi connectivity index (χ1v) is 6.30. The molecule has 0 unspecified atom stereocenters. The zero-order valence-corrected chi connectivity index (χ0v) is 9.87. The Bertz CT molecular complexity index is 430. The van der Waals surface area contributed by atoms with Gasteiger partial charge in [0.25, 0.3) is 5.91 Å². The fourth-order valence-corrected chi connectivity index (χ4v) is 2.54. The molecule has 1 aromatic heterocycles. The van der Waals surface area contributed by atoms with Crippen LogP contribution in [0.3, 0.4) is 0 Å². The van der Waals surface area contributed by atoms with Gasteiger partial charge in [-0.2, -0.15) is 0 Å². The Kier molecular flexibility index (Phi) is 2.47. The van der Waals surface area contributed by atoms with Gasteiger partial charge in [-0.15, -0.1) is 0 Å². The molecule has 1 aromatic rings. The number of amides is 1. The molecule has 4 heteroatoms. The summed E-state index contributed by atoms with van der Waals surface area (Å²) in [5, 5.41) is 2.99. The van der Waals surface area contributed by atoms with Crippen LogP contribution < -0.4 is 11.1 Å². The Morgan fingerprint density at radius 3 is 2.76 bits per heavy atom. The fourth-order valence-electron chi connectivity index (χ4n) is 2.54. The van der Waals surface area contributed by atoms with Gasteiger partial charge in [-0.25, -0.2) is 0 Å². The number of nitrogens with two attached hydrogens (primary N) is 1. The van der Waals surface area contributed by atoms with Gasteiger partial charge in [-0.1, -0.05) is 0 Å². The number of hydrogen-bond donors (Lipinski definition) is 2. The second kappa shape index (κ2) is 3.88. The van der Waals surface area contributed by atoms with Crippen LogP contribution in [0.25, 0.3) is 0 Å². The van der Waals surface area contributed by atoms with Crippen molar-refractivity contribution in [3.05, 3.63) is 23.7 Å². The molecule has 0 spiro atoms. The molecule has 3 rings (SSSR count). The molecule has 0 bridgehead atoms. The third-order valence-corrected chi connectivity index (χ3v) is 4.02. The lowest BCUT2D eigenvalue weighted by atomic mass is 10.0. The highest BCUT2D eigenvalue weighted by atomic mass is 16.4. The van der Waals surface area contributed by atoms with Crippen molar-refractivity contribution in [2.75, 3.05) is 6.54 Å². The zero-order valence-electron chi connectivity index (χ0n) is 9.87. The van der Waals surface area contributed by atoms with Gasteiger partial charge in [0, 0.05) is 6.54 Å². The van der Waals surface area contributed by atoms with Crippen molar-refractivity contribution in [3.8, 4) is 0 Å². The summed E-state index contributed by atoms with van der Waals surface area (Å²) in [5.41, 5.74) is 5.87. The van der Waals surface area contributed by atoms with E-state index < -0.39 is 0 Å². The summed E-state index contributed by atoms with van der Waals surface area (Å²) in [6.07, 6.45) is 5.22. The highest BCUT2D eigenvalue weighted by molar-refractivity contribution is 5.91. The van der Waals surface area contributed by atoms with Gasteiger partial charge in [0.05, 0.1) is 6.54 Å². The highest BCUT2D eigenvalue weighted by Crippen LogP contribution is 2.60. The predicted molar refractivity (Wildman–Crippen MR) is 63.3 cm³/mol. The second-order valence-electron chi connectivity index (χ2n) is 5.29. The minimum atomic E-state index is -0.114. The van der Waals surface area contributed by atoms with Gasteiger partial charge >= 0.3 is 0 Å². The van der Waals surface area contributed by atoms with Crippen molar-refractivity contribution in [1.29, 1.82) is 0 Å². The molecule has 2 aliphatic carbocycles. The van der Waals surface area contributed by atoms with Crippen LogP contribution >= 0.6 is 0 Å². The average molecular weight is 234 g/mol. The van der Waals surface area contributed by atoms with Gasteiger partial charge in [-0.05, 0) is 49.1 Å². The van der Waals surface area contributed by atoms with Gasteiger partial charge in [0.2, 0.25) is 0 Å². The fraction of sp³-hybridized carbons (Fsp3) is 0.615. The molecule has 0 radical (unpaired) electrons. The minimum Gasteiger partial charge on any atom is -0.455 e. The van der Waals surface area contributed by atoms with Crippen LogP contribution in [0.2, 0.25) is 0 Å². The molecular weight excluding hydrogens is 216 g/mol. The largest absolute Gasteiger partial charge is 0.455 e. The summed E-state index contributed by atoms with van der Waals surface area (Å²) in [5.74, 6) is 1.77. The quantitative estimate of drug-likeness (QED) is 0.814. The number of rotatable bonds is 5. The standard InChI is InChI=1S/C13H18N2O2/c14-7-10-3-4-11(17-10)12(16)15-8-13(5-6-13)9-1-2-9/h3-4,9H,1-2,5-8,14H2,(H,15,16). The van der Waals surface area contributed by atoms with Crippen LogP contribution in [0.5, 0.6) is 0 Å². The van der Waals surface area contributed by atoms with Crippen LogP contribution in [-0.2, 0) is 6.54 Å². The van der Waals surface area contributed by atoms with Crippen molar-refractivity contribution in [1.82, 2.24) is 5.32 Å². The van der Waals surface area contributed by atoms with Crippen LogP contribution in [0.4, 0.5) is 0 Å². The highest BCUT2D eigenvalue weighted by Gasteiger charge is 2.53. The van der Waals surface area contributed by atoms with Crippen molar-refractivity contribution in [2.24, 2.45) is 17.1 Å². The monoisotopic (exact) mass is 234 g/mol. The van der Waals surface area contributed by atoms with E-state index in [9.17, 15) is 4.79 Å². The molecule has 3 N–H and O–H groups in total. The molecule has 1 amide bonds. The van der Waals surface area contributed by atoms with Gasteiger partial charge in [-0.3, -0.25) is 4.79 Å². The van der Waals surface area contributed by atoms with Gasteiger partial charge in [0.1, 0.15) is 5.76 Å². The molecule has 2 fully saturated rings. The summed E-state index contributed by atoms with van der Waals surface area (Å²) in [6.45, 7) is 1.13. The average Bonchev–Trinajstić information content (AvgIpc) is 3.23. The van der Waals surface area contributed by atoms with E-state index in [4.69, 9.17) is 10.2 Å². The van der Waals surface area contributed by atoms with Crippen molar-refractivity contribution in [2.45, 2.75) is 32.2 Å². The van der Waals surface area contributed by atoms with Crippen LogP contribution in [0.1, 0.15) is 42.0 Å². The second-order valence-corrected chi connectivity index (χ2v) is 5.29. The van der Waals surface area contributed by atoms with E-state index in [1.165, 1.54) is 25.7 Å². The predicted octanol–water partition coefficient (Wildman–Crippen LogP) is 1.66. The molecule has 17 heavy (non-hydrogen) atoms. The smallest absolute Gasteiger partial charge is 0.287 e. The van der Waals surface area contributed by atoms with Crippen molar-refractivity contribution >= 4 is 5.91 Å². The maximum absolute atomic E-state index is 11.8. The number of carbonyl (C=O) groups excluding carboxylic acids is 1. The molecule has 92 valence electrons. The third-order valence-electron chi connectivity index (χ3n) is 4.02. The van der Waals surface area contributed by atoms with E-state index in [0.717, 1.165) is 12.5 Å². The minimum absolute atomic E-state index is 0.114. The summed E-state index contributed by atoms with van der Waals surface area (Å²) in [4.78, 5) is 11.8. The number of furan rings is 1. The molecule has 4 nitrogen and oxygen atoms in total. The molecule has 0 aliphatic heterocycles. The Hall–Kier alpha value is -1.29. The van der Waals surface area contributed by atoms with E-state index in [-0.39, 0.29) is 5.91 Å². The number of nitrogens with one attached hydrogen (secondary N) is 1. The lowest BCUT2D eigenvalue weighted by molar-refractivity contribution is 0.0913. The SMILES string of the molecule is NCc1ccc(C(=O)NCC2(C3CC3)CC2)o1. The van der Waals surface area contributed by atoms with E-state index in [1.54, 1.807) is 12.1 Å². The zero-order chi connectivity index (χ0) is 11.9. The summed E-state index contributed by atoms with van der Waals surface area (Å²) < 4.78 is 5.32. The van der Waals surface area contributed by atoms with E-state index in [0.29, 0.717) is 23.5 Å². The topological polar surface area (TPSA) is 68.3 Å².